The number of sulfone groups is 1. The van der Waals surface area contributed by atoms with E-state index in [2.05, 4.69) is 37.0 Å². The van der Waals surface area contributed by atoms with Crippen molar-refractivity contribution in [2.75, 3.05) is 23.4 Å². The van der Waals surface area contributed by atoms with E-state index in [1.54, 1.807) is 17.6 Å². The Morgan fingerprint density at radius 2 is 1.93 bits per heavy atom. The van der Waals surface area contributed by atoms with Crippen LogP contribution in [0, 0.1) is 16.7 Å². The highest BCUT2D eigenvalue weighted by Gasteiger charge is 2.66. The van der Waals surface area contributed by atoms with Gasteiger partial charge in [-0.1, -0.05) is 38.1 Å². The minimum Gasteiger partial charge on any atom is -0.383 e. The first kappa shape index (κ1) is 30.7. The third-order valence-electron chi connectivity index (χ3n) is 7.76. The zero-order chi connectivity index (χ0) is 32.4. The lowest BCUT2D eigenvalue weighted by Crippen LogP contribution is -2.35. The summed E-state index contributed by atoms with van der Waals surface area (Å²) >= 11 is 1.36. The van der Waals surface area contributed by atoms with Crippen molar-refractivity contribution < 1.29 is 21.6 Å². The van der Waals surface area contributed by atoms with E-state index in [0.29, 0.717) is 34.4 Å². The number of nitrogens with zero attached hydrogens (tertiary/aromatic N) is 6. The molecule has 6 rings (SSSR count). The van der Waals surface area contributed by atoms with E-state index in [0.717, 1.165) is 15.6 Å². The molecule has 3 aromatic heterocycles. The van der Waals surface area contributed by atoms with Gasteiger partial charge in [0, 0.05) is 30.1 Å². The Balaban J connectivity index is 1.54. The predicted octanol–water partition coefficient (Wildman–Crippen LogP) is 6.42. The van der Waals surface area contributed by atoms with Gasteiger partial charge in [0.15, 0.2) is 15.4 Å². The third kappa shape index (κ3) is 5.68. The van der Waals surface area contributed by atoms with E-state index in [4.69, 9.17) is 0 Å². The summed E-state index contributed by atoms with van der Waals surface area (Å²) in [5, 5.41) is 25.0. The number of halogens is 3. The van der Waals surface area contributed by atoms with Crippen LogP contribution in [0.2, 0.25) is 0 Å². The molecular weight excluding hydrogens is 626 g/mol. The van der Waals surface area contributed by atoms with Crippen LogP contribution in [0.25, 0.3) is 21.1 Å². The first-order valence-electron chi connectivity index (χ1n) is 14.0. The Bertz CT molecular complexity index is 2090. The summed E-state index contributed by atoms with van der Waals surface area (Å²) in [7, 11) is -3.82. The Labute approximate surface area is 261 Å². The average Bonchev–Trinajstić information content (AvgIpc) is 3.40. The van der Waals surface area contributed by atoms with Crippen molar-refractivity contribution in [3.63, 3.8) is 0 Å². The van der Waals surface area contributed by atoms with Crippen LogP contribution in [0.15, 0.2) is 53.1 Å². The SMILES string of the molecule is CC(C)(C)CNc1c(C#N)cnc2c(S(C)(=O)=O)cc(N[C@H](c3cn(C4(C(F)(F)F)CC4)nn3)c3cccc4ncsc34)cc12. The van der Waals surface area contributed by atoms with Gasteiger partial charge in [0.25, 0.3) is 0 Å². The molecule has 0 spiro atoms. The molecule has 45 heavy (non-hydrogen) atoms. The third-order valence-corrected chi connectivity index (χ3v) is 9.76. The van der Waals surface area contributed by atoms with Crippen LogP contribution in [0.4, 0.5) is 24.5 Å². The zero-order valence-electron chi connectivity index (χ0n) is 24.8. The van der Waals surface area contributed by atoms with Gasteiger partial charge < -0.3 is 10.6 Å². The normalized spacial score (nSPS) is 15.6. The smallest absolute Gasteiger partial charge is 0.383 e. The van der Waals surface area contributed by atoms with Gasteiger partial charge in [0.1, 0.15) is 11.8 Å². The molecule has 0 saturated heterocycles. The van der Waals surface area contributed by atoms with E-state index < -0.39 is 27.6 Å². The maximum Gasteiger partial charge on any atom is 0.413 e. The second kappa shape index (κ2) is 10.7. The Kier molecular flexibility index (Phi) is 7.28. The van der Waals surface area contributed by atoms with Gasteiger partial charge in [-0.15, -0.1) is 16.4 Å². The number of rotatable bonds is 8. The Morgan fingerprint density at radius 3 is 2.58 bits per heavy atom. The van der Waals surface area contributed by atoms with Crippen LogP contribution in [-0.2, 0) is 15.4 Å². The number of alkyl halides is 3. The van der Waals surface area contributed by atoms with E-state index >= 15 is 0 Å². The van der Waals surface area contributed by atoms with Crippen LogP contribution in [-0.4, -0.2) is 52.4 Å². The highest BCUT2D eigenvalue weighted by Crippen LogP contribution is 2.55. The molecule has 0 bridgehead atoms. The lowest BCUT2D eigenvalue weighted by Gasteiger charge is -2.23. The van der Waals surface area contributed by atoms with Crippen LogP contribution >= 0.6 is 11.3 Å². The van der Waals surface area contributed by atoms with Gasteiger partial charge >= 0.3 is 6.18 Å². The largest absolute Gasteiger partial charge is 0.413 e. The van der Waals surface area contributed by atoms with Gasteiger partial charge in [-0.2, -0.15) is 18.4 Å². The molecule has 1 atom stereocenters. The van der Waals surface area contributed by atoms with E-state index in [1.807, 2.05) is 32.9 Å². The molecule has 15 heteroatoms. The molecule has 0 aliphatic heterocycles. The second-order valence-electron chi connectivity index (χ2n) is 12.5. The Hall–Kier alpha value is -4.29. The number of anilines is 2. The van der Waals surface area contributed by atoms with Crippen molar-refractivity contribution in [1.29, 1.82) is 5.26 Å². The zero-order valence-corrected chi connectivity index (χ0v) is 26.4. The van der Waals surface area contributed by atoms with Crippen LogP contribution < -0.4 is 10.6 Å². The monoisotopic (exact) mass is 654 g/mol. The topological polar surface area (TPSA) is 138 Å². The number of nitriles is 1. The molecule has 234 valence electrons. The molecule has 1 aliphatic carbocycles. The molecule has 0 radical (unpaired) electrons. The highest BCUT2D eigenvalue weighted by molar-refractivity contribution is 7.91. The molecule has 1 saturated carbocycles. The van der Waals surface area contributed by atoms with Crippen LogP contribution in [0.5, 0.6) is 0 Å². The number of hydrogen-bond donors (Lipinski definition) is 2. The lowest BCUT2D eigenvalue weighted by molar-refractivity contribution is -0.182. The molecule has 3 heterocycles. The second-order valence-corrected chi connectivity index (χ2v) is 15.3. The summed E-state index contributed by atoms with van der Waals surface area (Å²) in [5.41, 5.74) is 2.16. The minimum atomic E-state index is -4.50. The van der Waals surface area contributed by atoms with E-state index in [-0.39, 0.29) is 39.9 Å². The molecule has 0 amide bonds. The average molecular weight is 655 g/mol. The predicted molar refractivity (Wildman–Crippen MR) is 166 cm³/mol. The molecule has 0 unspecified atom stereocenters. The highest BCUT2D eigenvalue weighted by atomic mass is 32.2. The standard InChI is InChI=1S/C30H29F3N8O2S2/c1-28(2,3)15-36-24-17(12-34)13-35-26-20(24)10-18(11-23(26)45(4,42)43)38-25(19-6-5-7-21-27(19)44-16-37-21)22-14-41(40-39-22)29(8-9-29)30(31,32)33/h5-7,10-11,13-14,16,25,38H,8-9,15H2,1-4H3,(H,35,36)/t25-/m0/s1. The number of aromatic nitrogens is 5. The fourth-order valence-corrected chi connectivity index (χ4v) is 6.95. The molecule has 2 aromatic carbocycles. The number of fused-ring (bicyclic) bond motifs is 2. The maximum atomic E-state index is 14.0. The molecule has 10 nitrogen and oxygen atoms in total. The van der Waals surface area contributed by atoms with Crippen molar-refractivity contribution in [3.05, 3.63) is 65.1 Å². The molecule has 2 N–H and O–H groups in total. The summed E-state index contributed by atoms with van der Waals surface area (Å²) in [6, 6.07) is 9.85. The molecule has 1 aliphatic rings. The first-order chi connectivity index (χ1) is 21.1. The summed E-state index contributed by atoms with van der Waals surface area (Å²) in [6.45, 7) is 6.54. The van der Waals surface area contributed by atoms with Crippen molar-refractivity contribution in [2.24, 2.45) is 5.41 Å². The van der Waals surface area contributed by atoms with Gasteiger partial charge in [0.2, 0.25) is 0 Å². The van der Waals surface area contributed by atoms with Crippen molar-refractivity contribution >= 4 is 53.7 Å². The van der Waals surface area contributed by atoms with Crippen molar-refractivity contribution in [2.45, 2.75) is 56.3 Å². The minimum absolute atomic E-state index is 0.0711. The lowest BCUT2D eigenvalue weighted by atomic mass is 9.96. The number of benzene rings is 2. The quantitative estimate of drug-likeness (QED) is 0.194. The summed E-state index contributed by atoms with van der Waals surface area (Å²) in [6.07, 6.45) is -0.979. The van der Waals surface area contributed by atoms with Gasteiger partial charge in [-0.3, -0.25) is 4.98 Å². The first-order valence-corrected chi connectivity index (χ1v) is 16.8. The molecule has 1 fully saturated rings. The van der Waals surface area contributed by atoms with Crippen LogP contribution in [0.3, 0.4) is 0 Å². The number of thiazole rings is 1. The molecule has 5 aromatic rings. The van der Waals surface area contributed by atoms with Gasteiger partial charge in [-0.25, -0.2) is 18.1 Å². The van der Waals surface area contributed by atoms with E-state index in [1.165, 1.54) is 29.8 Å². The van der Waals surface area contributed by atoms with Crippen molar-refractivity contribution in [3.8, 4) is 6.07 Å². The fourth-order valence-electron chi connectivity index (χ4n) is 5.26. The number of hydrogen-bond acceptors (Lipinski definition) is 10. The fraction of sp³-hybridized carbons (Fsp3) is 0.367. The summed E-state index contributed by atoms with van der Waals surface area (Å²) in [5.74, 6) is 0. The maximum absolute atomic E-state index is 14.0. The Morgan fingerprint density at radius 1 is 1.18 bits per heavy atom. The van der Waals surface area contributed by atoms with Crippen molar-refractivity contribution in [1.82, 2.24) is 25.0 Å². The van der Waals surface area contributed by atoms with Crippen LogP contribution in [0.1, 0.15) is 56.5 Å². The molecular formula is C30H29F3N8O2S2. The van der Waals surface area contributed by atoms with Gasteiger partial charge in [-0.05, 0) is 42.0 Å². The van der Waals surface area contributed by atoms with E-state index in [9.17, 15) is 26.9 Å². The number of nitrogens with one attached hydrogen (secondary N) is 2. The van der Waals surface area contributed by atoms with Gasteiger partial charge in [0.05, 0.1) is 49.6 Å². The summed E-state index contributed by atoms with van der Waals surface area (Å²) in [4.78, 5) is 8.66. The number of pyridine rings is 1. The summed E-state index contributed by atoms with van der Waals surface area (Å²) < 4.78 is 69.7.